The zero-order chi connectivity index (χ0) is 23.9. The molecular weight excluding hydrogens is 435 g/mol. The molecule has 0 spiro atoms. The number of Topliss-reactive ketones (excluding diaryl/α,β-unsaturated/α-hetero) is 1. The molecule has 0 saturated carbocycles. The number of hydrogen-bond donors (Lipinski definition) is 0. The third kappa shape index (κ3) is 5.84. The molecule has 2 aliphatic rings. The van der Waals surface area contributed by atoms with Gasteiger partial charge in [-0.25, -0.2) is 4.39 Å². The predicted octanol–water partition coefficient (Wildman–Crippen LogP) is 4.09. The number of carbonyl (C=O) groups excluding carboxylic acids is 2. The van der Waals surface area contributed by atoms with Crippen LogP contribution in [-0.4, -0.2) is 61.4 Å². The summed E-state index contributed by atoms with van der Waals surface area (Å²) in [6.45, 7) is 2.85. The van der Waals surface area contributed by atoms with Gasteiger partial charge in [0, 0.05) is 37.3 Å². The lowest BCUT2D eigenvalue weighted by atomic mass is 9.88. The zero-order valence-electron chi connectivity index (χ0n) is 19.3. The fourth-order valence-corrected chi connectivity index (χ4v) is 4.22. The number of benzene rings is 2. The quantitative estimate of drug-likeness (QED) is 0.551. The second kappa shape index (κ2) is 11.0. The van der Waals surface area contributed by atoms with E-state index in [9.17, 15) is 14.0 Å². The van der Waals surface area contributed by atoms with Crippen molar-refractivity contribution in [3.8, 4) is 11.5 Å². The highest BCUT2D eigenvalue weighted by atomic mass is 19.1. The fraction of sp³-hybridized carbons (Fsp3) is 0.333. The van der Waals surface area contributed by atoms with Crippen molar-refractivity contribution < 1.29 is 23.5 Å². The number of carbonyl (C=O) groups is 2. The normalized spacial score (nSPS) is 16.2. The summed E-state index contributed by atoms with van der Waals surface area (Å²) in [5.74, 6) is 1.07. The van der Waals surface area contributed by atoms with Crippen LogP contribution in [0.5, 0.6) is 11.5 Å². The van der Waals surface area contributed by atoms with Crippen molar-refractivity contribution in [2.24, 2.45) is 5.92 Å². The van der Waals surface area contributed by atoms with Gasteiger partial charge in [-0.05, 0) is 61.4 Å². The topological polar surface area (TPSA) is 59.1 Å². The van der Waals surface area contributed by atoms with Gasteiger partial charge in [0.1, 0.15) is 23.9 Å². The number of likely N-dealkylation sites (tertiary alicyclic amines) is 1. The number of hydrogen-bond acceptors (Lipinski definition) is 5. The summed E-state index contributed by atoms with van der Waals surface area (Å²) in [4.78, 5) is 29.7. The van der Waals surface area contributed by atoms with Crippen LogP contribution >= 0.6 is 0 Å². The van der Waals surface area contributed by atoms with Crippen LogP contribution in [0.4, 0.5) is 4.39 Å². The van der Waals surface area contributed by atoms with Crippen LogP contribution in [0, 0.1) is 11.7 Å². The zero-order valence-corrected chi connectivity index (χ0v) is 19.3. The van der Waals surface area contributed by atoms with E-state index in [-0.39, 0.29) is 23.4 Å². The molecule has 0 atom stereocenters. The Hall–Kier alpha value is -3.61. The Labute approximate surface area is 199 Å². The first-order valence-electron chi connectivity index (χ1n) is 11.5. The lowest BCUT2D eigenvalue weighted by Gasteiger charge is -2.32. The smallest absolute Gasteiger partial charge is 0.255 e. The molecule has 2 heterocycles. The maximum Gasteiger partial charge on any atom is 0.255 e. The molecule has 1 fully saturated rings. The number of halogens is 1. The van der Waals surface area contributed by atoms with Crippen molar-refractivity contribution in [3.63, 3.8) is 0 Å². The second-order valence-corrected chi connectivity index (χ2v) is 8.44. The molecular formula is C27H29FN2O4. The third-order valence-electron chi connectivity index (χ3n) is 6.19. The average molecular weight is 465 g/mol. The van der Waals surface area contributed by atoms with Gasteiger partial charge in [0.2, 0.25) is 0 Å². The van der Waals surface area contributed by atoms with Gasteiger partial charge in [-0.15, -0.1) is 0 Å². The maximum absolute atomic E-state index is 13.1. The van der Waals surface area contributed by atoms with Crippen LogP contribution in [0.2, 0.25) is 0 Å². The van der Waals surface area contributed by atoms with Crippen LogP contribution in [0.3, 0.4) is 0 Å². The van der Waals surface area contributed by atoms with Crippen molar-refractivity contribution in [2.45, 2.75) is 12.8 Å². The highest BCUT2D eigenvalue weighted by Gasteiger charge is 2.29. The number of amides is 1. The van der Waals surface area contributed by atoms with E-state index in [1.807, 2.05) is 28.2 Å². The Bertz CT molecular complexity index is 1060. The van der Waals surface area contributed by atoms with E-state index in [2.05, 4.69) is 0 Å². The summed E-state index contributed by atoms with van der Waals surface area (Å²) in [7, 11) is 1.60. The monoisotopic (exact) mass is 464 g/mol. The molecule has 0 N–H and O–H groups in total. The molecule has 0 aliphatic carbocycles. The first-order valence-corrected chi connectivity index (χ1v) is 11.5. The van der Waals surface area contributed by atoms with E-state index in [4.69, 9.17) is 9.47 Å². The minimum Gasteiger partial charge on any atom is -0.497 e. The van der Waals surface area contributed by atoms with Crippen molar-refractivity contribution >= 4 is 11.7 Å². The molecule has 4 rings (SSSR count). The molecule has 1 amide bonds. The summed E-state index contributed by atoms with van der Waals surface area (Å²) in [5.41, 5.74) is 1.31. The van der Waals surface area contributed by atoms with Gasteiger partial charge >= 0.3 is 0 Å². The Balaban J connectivity index is 1.26. The Morgan fingerprint density at radius 3 is 2.35 bits per heavy atom. The molecule has 0 aromatic heterocycles. The van der Waals surface area contributed by atoms with E-state index >= 15 is 0 Å². The van der Waals surface area contributed by atoms with Gasteiger partial charge in [0.25, 0.3) is 5.91 Å². The lowest BCUT2D eigenvalue weighted by molar-refractivity contribution is -0.128. The third-order valence-corrected chi connectivity index (χ3v) is 6.19. The summed E-state index contributed by atoms with van der Waals surface area (Å²) in [6.07, 6.45) is 7.00. The van der Waals surface area contributed by atoms with E-state index in [0.29, 0.717) is 62.5 Å². The summed E-state index contributed by atoms with van der Waals surface area (Å²) in [6, 6.07) is 13.1. The summed E-state index contributed by atoms with van der Waals surface area (Å²) < 4.78 is 23.8. The minimum absolute atomic E-state index is 0.0178. The average Bonchev–Trinajstić information content (AvgIpc) is 2.89. The number of rotatable bonds is 8. The molecule has 2 aromatic rings. The van der Waals surface area contributed by atoms with Crippen molar-refractivity contribution in [3.05, 3.63) is 83.8 Å². The maximum atomic E-state index is 13.1. The highest BCUT2D eigenvalue weighted by Crippen LogP contribution is 2.24. The summed E-state index contributed by atoms with van der Waals surface area (Å²) in [5, 5.41) is 0. The van der Waals surface area contributed by atoms with E-state index < -0.39 is 0 Å². The molecule has 0 radical (unpaired) electrons. The number of nitrogens with zero attached hydrogens (tertiary/aromatic N) is 2. The standard InChI is InChI=1S/C27H29FN2O4/c1-33-24-8-4-20(5-9-24)26(31)21-12-15-30(16-13-21)27(32)22-3-2-14-29(19-22)17-18-34-25-10-6-23(28)7-11-25/h2-11,19,21H,12-18H2,1H3. The molecule has 1 saturated heterocycles. The largest absolute Gasteiger partial charge is 0.497 e. The highest BCUT2D eigenvalue weighted by molar-refractivity contribution is 5.99. The van der Waals surface area contributed by atoms with Crippen LogP contribution in [0.1, 0.15) is 23.2 Å². The molecule has 6 nitrogen and oxygen atoms in total. The van der Waals surface area contributed by atoms with Crippen molar-refractivity contribution in [1.82, 2.24) is 9.80 Å². The summed E-state index contributed by atoms with van der Waals surface area (Å²) >= 11 is 0. The molecule has 2 aliphatic heterocycles. The molecule has 2 aromatic carbocycles. The molecule has 0 bridgehead atoms. The first kappa shape index (κ1) is 23.5. The van der Waals surface area contributed by atoms with Crippen LogP contribution in [0.15, 0.2) is 72.5 Å². The predicted molar refractivity (Wildman–Crippen MR) is 127 cm³/mol. The minimum atomic E-state index is -0.297. The van der Waals surface area contributed by atoms with Gasteiger partial charge < -0.3 is 19.3 Å². The molecule has 7 heteroatoms. The van der Waals surface area contributed by atoms with Gasteiger partial charge in [-0.1, -0.05) is 12.2 Å². The van der Waals surface area contributed by atoms with Crippen LogP contribution in [0.25, 0.3) is 0 Å². The van der Waals surface area contributed by atoms with Crippen molar-refractivity contribution in [2.75, 3.05) is 39.9 Å². The Morgan fingerprint density at radius 2 is 1.68 bits per heavy atom. The number of ketones is 1. The second-order valence-electron chi connectivity index (χ2n) is 8.44. The molecule has 178 valence electrons. The van der Waals surface area contributed by atoms with Gasteiger partial charge in [-0.2, -0.15) is 0 Å². The van der Waals surface area contributed by atoms with Gasteiger partial charge in [-0.3, -0.25) is 9.59 Å². The fourth-order valence-electron chi connectivity index (χ4n) is 4.22. The number of methoxy groups -OCH3 is 1. The van der Waals surface area contributed by atoms with Crippen molar-refractivity contribution in [1.29, 1.82) is 0 Å². The van der Waals surface area contributed by atoms with E-state index in [1.54, 1.807) is 43.5 Å². The number of ether oxygens (including phenoxy) is 2. The Kier molecular flexibility index (Phi) is 7.62. The van der Waals surface area contributed by atoms with Crippen LogP contribution < -0.4 is 9.47 Å². The van der Waals surface area contributed by atoms with E-state index in [0.717, 1.165) is 5.75 Å². The SMILES string of the molecule is COc1ccc(C(=O)C2CCN(C(=O)C3=CN(CCOc4ccc(F)cc4)CC=C3)CC2)cc1. The molecule has 34 heavy (non-hydrogen) atoms. The Morgan fingerprint density at radius 1 is 1.00 bits per heavy atom. The van der Waals surface area contributed by atoms with Gasteiger partial charge in [0.15, 0.2) is 5.78 Å². The first-order chi connectivity index (χ1) is 16.5. The van der Waals surface area contributed by atoms with E-state index in [1.165, 1.54) is 12.1 Å². The number of piperidine rings is 1. The molecule has 0 unspecified atom stereocenters. The lowest BCUT2D eigenvalue weighted by Crippen LogP contribution is -2.41. The van der Waals surface area contributed by atoms with Gasteiger partial charge in [0.05, 0.1) is 19.2 Å². The van der Waals surface area contributed by atoms with Crippen LogP contribution in [-0.2, 0) is 4.79 Å².